The molecule has 60 heavy (non-hydrogen) atoms. The number of amides is 2. The topological polar surface area (TPSA) is 139 Å². The number of benzene rings is 2. The molecule has 2 fully saturated rings. The third-order valence-electron chi connectivity index (χ3n) is 11.1. The molecule has 0 unspecified atom stereocenters. The van der Waals surface area contributed by atoms with Crippen LogP contribution in [0.15, 0.2) is 66.9 Å². The van der Waals surface area contributed by atoms with Crippen molar-refractivity contribution in [3.8, 4) is 11.1 Å². The van der Waals surface area contributed by atoms with Crippen molar-refractivity contribution in [1.82, 2.24) is 34.9 Å². The first-order valence-electron chi connectivity index (χ1n) is 21.2. The van der Waals surface area contributed by atoms with Gasteiger partial charge in [0.1, 0.15) is 22.9 Å². The number of hydrogen-bond acceptors (Lipinski definition) is 10. The number of piperazine rings is 1. The van der Waals surface area contributed by atoms with Crippen LogP contribution in [0.25, 0.3) is 22.2 Å². The minimum atomic E-state index is -0.544. The SMILES string of the molecule is CCc1nc2c(cnn2CC)c(NC2CCOCC2)c1CNc1cccc(C(=O)NCc2ccc(F)c(-c3cccc(CN4CCN(C(=O)OC(C)(C)C)[C@H](C)C4)c3)c2)n1. The van der Waals surface area contributed by atoms with E-state index in [-0.39, 0.29) is 42.1 Å². The minimum absolute atomic E-state index is 0.00209. The van der Waals surface area contributed by atoms with Crippen LogP contribution in [0, 0.1) is 5.82 Å². The number of nitrogens with zero attached hydrogens (tertiary/aromatic N) is 6. The first-order valence-corrected chi connectivity index (χ1v) is 21.2. The molecule has 1 atom stereocenters. The molecule has 0 spiro atoms. The van der Waals surface area contributed by atoms with Gasteiger partial charge in [0.25, 0.3) is 5.91 Å². The Hall–Kier alpha value is -5.60. The van der Waals surface area contributed by atoms with Crippen LogP contribution in [0.4, 0.5) is 20.7 Å². The fourth-order valence-electron chi connectivity index (χ4n) is 7.98. The van der Waals surface area contributed by atoms with Crippen LogP contribution in [0.1, 0.15) is 87.3 Å². The van der Waals surface area contributed by atoms with Gasteiger partial charge < -0.3 is 30.3 Å². The highest BCUT2D eigenvalue weighted by molar-refractivity contribution is 5.93. The Balaban J connectivity index is 0.990. The lowest BCUT2D eigenvalue weighted by atomic mass is 10.00. The minimum Gasteiger partial charge on any atom is -0.444 e. The van der Waals surface area contributed by atoms with Gasteiger partial charge in [0.2, 0.25) is 0 Å². The molecule has 7 rings (SSSR count). The summed E-state index contributed by atoms with van der Waals surface area (Å²) in [4.78, 5) is 40.0. The second-order valence-electron chi connectivity index (χ2n) is 16.7. The molecule has 2 aliphatic rings. The van der Waals surface area contributed by atoms with Gasteiger partial charge in [-0.3, -0.25) is 9.69 Å². The predicted octanol–water partition coefficient (Wildman–Crippen LogP) is 7.79. The quantitative estimate of drug-likeness (QED) is 0.108. The van der Waals surface area contributed by atoms with E-state index in [1.165, 1.54) is 6.07 Å². The number of carbonyl (C=O) groups excluding carboxylic acids is 2. The van der Waals surface area contributed by atoms with E-state index >= 15 is 4.39 Å². The third-order valence-corrected chi connectivity index (χ3v) is 11.1. The second-order valence-corrected chi connectivity index (χ2v) is 16.7. The van der Waals surface area contributed by atoms with Crippen LogP contribution in [0.5, 0.6) is 0 Å². The number of carbonyl (C=O) groups is 2. The lowest BCUT2D eigenvalue weighted by Gasteiger charge is -2.40. The molecule has 2 aliphatic heterocycles. The van der Waals surface area contributed by atoms with Gasteiger partial charge in [-0.25, -0.2) is 23.8 Å². The number of halogens is 1. The fraction of sp³-hybridized carbons (Fsp3) is 0.457. The van der Waals surface area contributed by atoms with Crippen molar-refractivity contribution in [2.75, 3.05) is 43.5 Å². The van der Waals surface area contributed by atoms with Crippen LogP contribution in [-0.2, 0) is 42.1 Å². The maximum absolute atomic E-state index is 15.3. The van der Waals surface area contributed by atoms with E-state index in [1.807, 2.05) is 75.0 Å². The first-order chi connectivity index (χ1) is 28.9. The molecule has 0 aliphatic carbocycles. The lowest BCUT2D eigenvalue weighted by Crippen LogP contribution is -2.54. The van der Waals surface area contributed by atoms with Gasteiger partial charge in [0.05, 0.1) is 17.3 Å². The van der Waals surface area contributed by atoms with Gasteiger partial charge >= 0.3 is 6.09 Å². The van der Waals surface area contributed by atoms with Gasteiger partial charge in [-0.15, -0.1) is 0 Å². The highest BCUT2D eigenvalue weighted by Gasteiger charge is 2.31. The molecule has 13 nitrogen and oxygen atoms in total. The van der Waals surface area contributed by atoms with Crippen molar-refractivity contribution in [3.63, 3.8) is 0 Å². The zero-order valence-corrected chi connectivity index (χ0v) is 35.7. The first kappa shape index (κ1) is 42.5. The summed E-state index contributed by atoms with van der Waals surface area (Å²) in [5.41, 5.74) is 6.67. The Kier molecular flexibility index (Phi) is 13.3. The van der Waals surface area contributed by atoms with Gasteiger partial charge in [-0.2, -0.15) is 5.10 Å². The summed E-state index contributed by atoms with van der Waals surface area (Å²) in [6, 6.07) is 18.4. The monoisotopic (exact) mass is 819 g/mol. The molecule has 5 heterocycles. The number of aryl methyl sites for hydroxylation is 2. The van der Waals surface area contributed by atoms with Crippen molar-refractivity contribution in [2.45, 2.75) is 105 Å². The largest absolute Gasteiger partial charge is 0.444 e. The summed E-state index contributed by atoms with van der Waals surface area (Å²) >= 11 is 0. The smallest absolute Gasteiger partial charge is 0.410 e. The average Bonchev–Trinajstić information content (AvgIpc) is 3.65. The molecule has 3 aromatic heterocycles. The molecule has 14 heteroatoms. The average molecular weight is 820 g/mol. The van der Waals surface area contributed by atoms with Crippen molar-refractivity contribution in [1.29, 1.82) is 0 Å². The molecular weight excluding hydrogens is 762 g/mol. The lowest BCUT2D eigenvalue weighted by molar-refractivity contribution is 0.000548. The Bertz CT molecular complexity index is 2300. The highest BCUT2D eigenvalue weighted by atomic mass is 19.1. The Morgan fingerprint density at radius 1 is 0.967 bits per heavy atom. The molecular formula is C46H58FN9O4. The van der Waals surface area contributed by atoms with Crippen molar-refractivity contribution in [3.05, 3.63) is 101 Å². The van der Waals surface area contributed by atoms with E-state index in [9.17, 15) is 9.59 Å². The number of ether oxygens (including phenoxy) is 2. The molecule has 2 amide bonds. The van der Waals surface area contributed by atoms with Gasteiger partial charge in [-0.1, -0.05) is 37.3 Å². The third kappa shape index (κ3) is 10.2. The van der Waals surface area contributed by atoms with E-state index in [2.05, 4.69) is 44.8 Å². The maximum Gasteiger partial charge on any atom is 0.410 e. The van der Waals surface area contributed by atoms with Crippen LogP contribution in [0.2, 0.25) is 0 Å². The summed E-state index contributed by atoms with van der Waals surface area (Å²) in [6.45, 7) is 17.3. The number of hydrogen-bond donors (Lipinski definition) is 3. The summed E-state index contributed by atoms with van der Waals surface area (Å²) in [5.74, 6) is -0.110. The van der Waals surface area contributed by atoms with E-state index in [0.29, 0.717) is 44.1 Å². The van der Waals surface area contributed by atoms with Gasteiger partial charge in [0.15, 0.2) is 5.65 Å². The Morgan fingerprint density at radius 3 is 2.52 bits per heavy atom. The number of aromatic nitrogens is 4. The normalized spacial score (nSPS) is 16.5. The van der Waals surface area contributed by atoms with Crippen molar-refractivity contribution < 1.29 is 23.5 Å². The summed E-state index contributed by atoms with van der Waals surface area (Å²) in [6.07, 6.45) is 4.18. The number of rotatable bonds is 13. The number of nitrogens with one attached hydrogen (secondary N) is 3. The molecule has 0 bridgehead atoms. The summed E-state index contributed by atoms with van der Waals surface area (Å²) < 4.78 is 28.5. The van der Waals surface area contributed by atoms with E-state index in [0.717, 1.165) is 83.7 Å². The molecule has 3 N–H and O–H groups in total. The molecule has 2 saturated heterocycles. The Morgan fingerprint density at radius 2 is 1.77 bits per heavy atom. The number of anilines is 2. The zero-order valence-electron chi connectivity index (χ0n) is 35.7. The number of fused-ring (bicyclic) bond motifs is 1. The zero-order chi connectivity index (χ0) is 42.4. The van der Waals surface area contributed by atoms with E-state index in [1.54, 1.807) is 23.1 Å². The molecule has 0 radical (unpaired) electrons. The van der Waals surface area contributed by atoms with Gasteiger partial charge in [-0.05, 0) is 101 Å². The van der Waals surface area contributed by atoms with Gasteiger partial charge in [0, 0.05) is 87.9 Å². The predicted molar refractivity (Wildman–Crippen MR) is 232 cm³/mol. The molecule has 0 saturated carbocycles. The standard InChI is InChI=1S/C46H58FN9O4/c1-7-39-36(42(51-34-17-21-59-22-18-34)37-27-50-56(8-2)43(37)53-39)26-48-41-14-10-13-40(52-41)44(57)49-25-31-15-16-38(47)35(24-31)33-12-9-11-32(23-33)29-54-19-20-55(30(3)28-54)45(58)60-46(4,5)6/h9-16,23-24,27,30,34H,7-8,17-22,25-26,28-29H2,1-6H3,(H,48,52)(H,49,57)(H,51,53)/t30-/m1/s1. The van der Waals surface area contributed by atoms with Crippen molar-refractivity contribution in [2.24, 2.45) is 0 Å². The van der Waals surface area contributed by atoms with E-state index < -0.39 is 5.60 Å². The highest BCUT2D eigenvalue weighted by Crippen LogP contribution is 2.32. The van der Waals surface area contributed by atoms with Crippen LogP contribution >= 0.6 is 0 Å². The Labute approximate surface area is 352 Å². The van der Waals surface area contributed by atoms with Crippen LogP contribution in [0.3, 0.4) is 0 Å². The summed E-state index contributed by atoms with van der Waals surface area (Å²) in [7, 11) is 0. The number of pyridine rings is 2. The summed E-state index contributed by atoms with van der Waals surface area (Å²) in [5, 5.41) is 15.8. The van der Waals surface area contributed by atoms with Crippen molar-refractivity contribution >= 4 is 34.5 Å². The van der Waals surface area contributed by atoms with Crippen LogP contribution in [-0.4, -0.2) is 92.1 Å². The molecule has 318 valence electrons. The van der Waals surface area contributed by atoms with Crippen LogP contribution < -0.4 is 16.0 Å². The second kappa shape index (κ2) is 18.8. The molecule has 2 aromatic carbocycles. The van der Waals surface area contributed by atoms with E-state index in [4.69, 9.17) is 14.5 Å². The fourth-order valence-corrected chi connectivity index (χ4v) is 7.98. The maximum atomic E-state index is 15.3. The molecule has 5 aromatic rings.